The minimum Gasteiger partial charge on any atom is -0.480 e. The first-order valence-electron chi connectivity index (χ1n) is 11.1. The summed E-state index contributed by atoms with van der Waals surface area (Å²) in [5.74, 6) is -0.881. The average Bonchev–Trinajstić information content (AvgIpc) is 2.85. The molecule has 6 heteroatoms. The highest BCUT2D eigenvalue weighted by molar-refractivity contribution is 6.32. The molecule has 1 saturated heterocycles. The summed E-state index contributed by atoms with van der Waals surface area (Å²) >= 11 is 6.61. The minimum absolute atomic E-state index is 0.187. The van der Waals surface area contributed by atoms with E-state index in [-0.39, 0.29) is 6.61 Å². The van der Waals surface area contributed by atoms with Crippen molar-refractivity contribution in [3.63, 3.8) is 0 Å². The van der Waals surface area contributed by atoms with E-state index in [1.165, 1.54) is 0 Å². The number of aliphatic carboxylic acids is 1. The van der Waals surface area contributed by atoms with Crippen LogP contribution in [0.2, 0.25) is 5.02 Å². The molecule has 1 atom stereocenters. The third-order valence-electron chi connectivity index (χ3n) is 6.09. The fraction of sp³-hybridized carbons (Fsp3) is 0.214. The highest BCUT2D eigenvalue weighted by Crippen LogP contribution is 2.29. The van der Waals surface area contributed by atoms with Crippen LogP contribution < -0.4 is 0 Å². The van der Waals surface area contributed by atoms with Crippen LogP contribution in [0.5, 0.6) is 0 Å². The number of halogens is 1. The molecule has 4 rings (SSSR count). The summed E-state index contributed by atoms with van der Waals surface area (Å²) in [4.78, 5) is 13.5. The number of rotatable bonds is 6. The molecule has 1 unspecified atom stereocenters. The number of nitriles is 1. The maximum atomic E-state index is 11.6. The summed E-state index contributed by atoms with van der Waals surface area (Å²) in [5, 5.41) is 19.9. The predicted molar refractivity (Wildman–Crippen MR) is 134 cm³/mol. The van der Waals surface area contributed by atoms with Gasteiger partial charge in [0.05, 0.1) is 18.8 Å². The van der Waals surface area contributed by atoms with Crippen molar-refractivity contribution >= 4 is 29.7 Å². The molecule has 0 saturated carbocycles. The molecule has 0 amide bonds. The van der Waals surface area contributed by atoms with Crippen LogP contribution in [-0.4, -0.2) is 41.8 Å². The molecule has 0 aliphatic carbocycles. The molecule has 172 valence electrons. The molecule has 3 aromatic rings. The third-order valence-corrected chi connectivity index (χ3v) is 6.42. The quantitative estimate of drug-likeness (QED) is 0.470. The van der Waals surface area contributed by atoms with Gasteiger partial charge < -0.3 is 9.84 Å². The number of morpholine rings is 1. The van der Waals surface area contributed by atoms with Crippen LogP contribution in [0.3, 0.4) is 0 Å². The normalized spacial score (nSPS) is 16.4. The Morgan fingerprint density at radius 2 is 1.94 bits per heavy atom. The molecule has 1 aliphatic heterocycles. The van der Waals surface area contributed by atoms with E-state index < -0.39 is 12.0 Å². The molecule has 1 heterocycles. The van der Waals surface area contributed by atoms with E-state index in [2.05, 4.69) is 6.07 Å². The van der Waals surface area contributed by atoms with Crippen LogP contribution in [-0.2, 0) is 16.1 Å². The van der Waals surface area contributed by atoms with E-state index in [1.807, 2.05) is 84.6 Å². The Morgan fingerprint density at radius 1 is 1.18 bits per heavy atom. The average molecular weight is 473 g/mol. The van der Waals surface area contributed by atoms with Crippen molar-refractivity contribution in [3.8, 4) is 17.2 Å². The Balaban J connectivity index is 1.60. The Bertz CT molecular complexity index is 1260. The van der Waals surface area contributed by atoms with E-state index >= 15 is 0 Å². The third kappa shape index (κ3) is 5.21. The van der Waals surface area contributed by atoms with E-state index in [9.17, 15) is 15.2 Å². The molecule has 0 aromatic heterocycles. The van der Waals surface area contributed by atoms with Gasteiger partial charge in [-0.05, 0) is 40.8 Å². The molecule has 0 radical (unpaired) electrons. The summed E-state index contributed by atoms with van der Waals surface area (Å²) in [7, 11) is 0. The predicted octanol–water partition coefficient (Wildman–Crippen LogP) is 5.64. The van der Waals surface area contributed by atoms with Gasteiger partial charge in [-0.15, -0.1) is 0 Å². The topological polar surface area (TPSA) is 73.6 Å². The van der Waals surface area contributed by atoms with E-state index in [4.69, 9.17) is 16.3 Å². The second kappa shape index (κ2) is 10.7. The van der Waals surface area contributed by atoms with Crippen LogP contribution in [0, 0.1) is 18.3 Å². The number of hydrogen-bond donors (Lipinski definition) is 1. The SMILES string of the molecule is Cc1cc(C=Cc2cccc(-c3ccccc3)c2C#N)c(Cl)cc1CN1CCOCC1C(=O)O. The molecular weight excluding hydrogens is 448 g/mol. The highest BCUT2D eigenvalue weighted by atomic mass is 35.5. The zero-order valence-corrected chi connectivity index (χ0v) is 19.6. The number of nitrogens with zero attached hydrogens (tertiary/aromatic N) is 2. The molecule has 0 bridgehead atoms. The summed E-state index contributed by atoms with van der Waals surface area (Å²) in [5.41, 5.74) is 6.17. The van der Waals surface area contributed by atoms with Gasteiger partial charge in [-0.1, -0.05) is 78.4 Å². The lowest BCUT2D eigenvalue weighted by Gasteiger charge is -2.33. The van der Waals surface area contributed by atoms with Crippen molar-refractivity contribution in [2.24, 2.45) is 0 Å². The monoisotopic (exact) mass is 472 g/mol. The number of carboxylic acids is 1. The Hall–Kier alpha value is -3.43. The molecular formula is C28H25ClN2O3. The lowest BCUT2D eigenvalue weighted by Crippen LogP contribution is -2.49. The second-order valence-electron chi connectivity index (χ2n) is 8.28. The van der Waals surface area contributed by atoms with Crippen LogP contribution >= 0.6 is 11.6 Å². The van der Waals surface area contributed by atoms with Gasteiger partial charge in [0.25, 0.3) is 0 Å². The van der Waals surface area contributed by atoms with Crippen LogP contribution in [0.4, 0.5) is 0 Å². The van der Waals surface area contributed by atoms with Crippen LogP contribution in [0.1, 0.15) is 27.8 Å². The molecule has 5 nitrogen and oxygen atoms in total. The van der Waals surface area contributed by atoms with Gasteiger partial charge >= 0.3 is 5.97 Å². The molecule has 1 aliphatic rings. The maximum Gasteiger partial charge on any atom is 0.323 e. The molecule has 3 aromatic carbocycles. The summed E-state index contributed by atoms with van der Waals surface area (Å²) < 4.78 is 5.33. The van der Waals surface area contributed by atoms with Crippen molar-refractivity contribution in [3.05, 3.63) is 93.5 Å². The molecule has 34 heavy (non-hydrogen) atoms. The van der Waals surface area contributed by atoms with Gasteiger partial charge in [-0.2, -0.15) is 5.26 Å². The number of hydrogen-bond acceptors (Lipinski definition) is 4. The van der Waals surface area contributed by atoms with Crippen molar-refractivity contribution < 1.29 is 14.6 Å². The number of carboxylic acid groups (broad SMARTS) is 1. The van der Waals surface area contributed by atoms with E-state index in [0.29, 0.717) is 30.3 Å². The van der Waals surface area contributed by atoms with Gasteiger partial charge in [0.15, 0.2) is 0 Å². The highest BCUT2D eigenvalue weighted by Gasteiger charge is 2.29. The number of benzene rings is 3. The van der Waals surface area contributed by atoms with Crippen LogP contribution in [0.25, 0.3) is 23.3 Å². The molecule has 1 fully saturated rings. The smallest absolute Gasteiger partial charge is 0.323 e. The summed E-state index contributed by atoms with van der Waals surface area (Å²) in [6, 6.07) is 21.2. The fourth-order valence-corrected chi connectivity index (χ4v) is 4.44. The molecule has 1 N–H and O–H groups in total. The summed E-state index contributed by atoms with van der Waals surface area (Å²) in [6.07, 6.45) is 3.83. The fourth-order valence-electron chi connectivity index (χ4n) is 4.19. The van der Waals surface area contributed by atoms with Crippen molar-refractivity contribution in [1.29, 1.82) is 5.26 Å². The lowest BCUT2D eigenvalue weighted by atomic mass is 9.95. The molecule has 0 spiro atoms. The first kappa shape index (κ1) is 23.7. The van der Waals surface area contributed by atoms with Gasteiger partial charge in [0.1, 0.15) is 12.1 Å². The van der Waals surface area contributed by atoms with Gasteiger partial charge in [-0.25, -0.2) is 0 Å². The van der Waals surface area contributed by atoms with Crippen LogP contribution in [0.15, 0.2) is 60.7 Å². The zero-order chi connectivity index (χ0) is 24.1. The number of carbonyl (C=O) groups is 1. The van der Waals surface area contributed by atoms with Gasteiger partial charge in [-0.3, -0.25) is 9.69 Å². The van der Waals surface area contributed by atoms with Crippen molar-refractivity contribution in [2.45, 2.75) is 19.5 Å². The zero-order valence-electron chi connectivity index (χ0n) is 18.9. The van der Waals surface area contributed by atoms with Gasteiger partial charge in [0, 0.05) is 23.7 Å². The van der Waals surface area contributed by atoms with Crippen molar-refractivity contribution in [2.75, 3.05) is 19.8 Å². The first-order valence-corrected chi connectivity index (χ1v) is 11.5. The Morgan fingerprint density at radius 3 is 2.68 bits per heavy atom. The maximum absolute atomic E-state index is 11.6. The Kier molecular flexibility index (Phi) is 7.44. The number of aryl methyl sites for hydroxylation is 1. The number of ether oxygens (including phenoxy) is 1. The van der Waals surface area contributed by atoms with Crippen molar-refractivity contribution in [1.82, 2.24) is 4.90 Å². The first-order chi connectivity index (χ1) is 16.5. The lowest BCUT2D eigenvalue weighted by molar-refractivity contribution is -0.150. The van der Waals surface area contributed by atoms with E-state index in [1.54, 1.807) is 0 Å². The summed E-state index contributed by atoms with van der Waals surface area (Å²) in [6.45, 7) is 3.75. The largest absolute Gasteiger partial charge is 0.480 e. The Labute approximate surface area is 204 Å². The second-order valence-corrected chi connectivity index (χ2v) is 8.69. The minimum atomic E-state index is -0.881. The standard InChI is InChI=1S/C28H25ClN2O3/c1-19-14-22(26(29)15-23(19)17-31-12-13-34-18-27(31)28(32)33)11-10-21-8-5-9-24(25(21)16-30)20-6-3-2-4-7-20/h2-11,14-15,27H,12-13,17-18H2,1H3,(H,32,33). The van der Waals surface area contributed by atoms with E-state index in [0.717, 1.165) is 33.4 Å². The van der Waals surface area contributed by atoms with Gasteiger partial charge in [0.2, 0.25) is 0 Å².